The average Bonchev–Trinajstić information content (AvgIpc) is 2.46. The van der Waals surface area contributed by atoms with E-state index in [4.69, 9.17) is 4.74 Å². The van der Waals surface area contributed by atoms with E-state index in [1.54, 1.807) is 0 Å². The fraction of sp³-hybridized carbons (Fsp3) is 0.533. The van der Waals surface area contributed by atoms with Crippen LogP contribution in [0.25, 0.3) is 0 Å². The largest absolute Gasteiger partial charge is 0.379 e. The predicted molar refractivity (Wildman–Crippen MR) is 72.6 cm³/mol. The van der Waals surface area contributed by atoms with E-state index in [2.05, 4.69) is 40.0 Å². The number of hydrogen-bond donors (Lipinski definition) is 0. The van der Waals surface area contributed by atoms with Gasteiger partial charge in [-0.05, 0) is 11.6 Å². The summed E-state index contributed by atoms with van der Waals surface area (Å²) in [7, 11) is 0. The minimum Gasteiger partial charge on any atom is -0.379 e. The first-order valence-electron chi connectivity index (χ1n) is 6.89. The quantitative estimate of drug-likeness (QED) is 0.739. The van der Waals surface area contributed by atoms with Crippen LogP contribution in [-0.2, 0) is 11.2 Å². The summed E-state index contributed by atoms with van der Waals surface area (Å²) in [4.78, 5) is 2.50. The fourth-order valence-corrected chi connectivity index (χ4v) is 2.68. The second-order valence-electron chi connectivity index (χ2n) is 5.07. The Hall–Kier alpha value is -1.19. The fourth-order valence-electron chi connectivity index (χ4n) is 2.68. The van der Waals surface area contributed by atoms with Crippen molar-refractivity contribution in [1.29, 1.82) is 0 Å². The van der Waals surface area contributed by atoms with Gasteiger partial charge >= 0.3 is 0 Å². The summed E-state index contributed by atoms with van der Waals surface area (Å²) in [6, 6.07) is 8.72. The third kappa shape index (κ3) is 2.79. The van der Waals surface area contributed by atoms with Crippen molar-refractivity contribution >= 4 is 6.21 Å². The van der Waals surface area contributed by atoms with Crippen LogP contribution in [0.2, 0.25) is 0 Å². The second-order valence-corrected chi connectivity index (χ2v) is 5.07. The van der Waals surface area contributed by atoms with Crippen LogP contribution in [0, 0.1) is 0 Å². The molecule has 0 N–H and O–H groups in total. The van der Waals surface area contributed by atoms with E-state index in [-0.39, 0.29) is 0 Å². The van der Waals surface area contributed by atoms with Gasteiger partial charge in [-0.1, -0.05) is 18.2 Å². The van der Waals surface area contributed by atoms with Gasteiger partial charge in [-0.15, -0.1) is 0 Å². The molecule has 0 amide bonds. The third-order valence-corrected chi connectivity index (χ3v) is 3.85. The van der Waals surface area contributed by atoms with Crippen molar-refractivity contribution < 1.29 is 9.31 Å². The SMILES string of the molecule is C1=[N+](CCN2CCOCC2)CCc2ccccc21. The topological polar surface area (TPSA) is 15.5 Å². The van der Waals surface area contributed by atoms with Crippen LogP contribution in [-0.4, -0.2) is 61.6 Å². The number of benzene rings is 1. The van der Waals surface area contributed by atoms with E-state index in [1.807, 2.05) is 0 Å². The Bertz CT molecular complexity index is 436. The number of rotatable bonds is 3. The number of ether oxygens (including phenoxy) is 1. The van der Waals surface area contributed by atoms with Gasteiger partial charge in [0, 0.05) is 25.1 Å². The average molecular weight is 245 g/mol. The molecule has 0 aliphatic carbocycles. The number of morpholine rings is 1. The van der Waals surface area contributed by atoms with Crippen LogP contribution >= 0.6 is 0 Å². The molecule has 0 spiro atoms. The van der Waals surface area contributed by atoms with Crippen LogP contribution < -0.4 is 0 Å². The standard InChI is InChI=1S/C15H21N2O/c1-2-4-15-13-17(6-5-14(15)3-1)8-7-16-9-11-18-12-10-16/h1-4,13H,5-12H2/q+1. The molecule has 18 heavy (non-hydrogen) atoms. The molecule has 96 valence electrons. The lowest BCUT2D eigenvalue weighted by Gasteiger charge is -2.25. The molecule has 0 atom stereocenters. The lowest BCUT2D eigenvalue weighted by molar-refractivity contribution is -0.524. The molecule has 0 radical (unpaired) electrons. The summed E-state index contributed by atoms with van der Waals surface area (Å²) < 4.78 is 7.83. The highest BCUT2D eigenvalue weighted by Gasteiger charge is 2.17. The molecule has 1 saturated heterocycles. The molecule has 2 aliphatic heterocycles. The van der Waals surface area contributed by atoms with Gasteiger partial charge in [0.05, 0.1) is 19.8 Å². The summed E-state index contributed by atoms with van der Waals surface area (Å²) in [6.07, 6.45) is 3.50. The zero-order valence-corrected chi connectivity index (χ0v) is 10.8. The summed E-state index contributed by atoms with van der Waals surface area (Å²) >= 11 is 0. The van der Waals surface area contributed by atoms with Gasteiger partial charge in [0.2, 0.25) is 0 Å². The summed E-state index contributed by atoms with van der Waals surface area (Å²) in [5, 5.41) is 0. The lowest BCUT2D eigenvalue weighted by Crippen LogP contribution is -2.40. The molecule has 0 bridgehead atoms. The highest BCUT2D eigenvalue weighted by Crippen LogP contribution is 2.11. The van der Waals surface area contributed by atoms with E-state index >= 15 is 0 Å². The molecular formula is C15H21N2O+. The van der Waals surface area contributed by atoms with Crippen LogP contribution in [0.5, 0.6) is 0 Å². The normalized spacial score (nSPS) is 20.3. The van der Waals surface area contributed by atoms with Gasteiger partial charge in [-0.3, -0.25) is 4.90 Å². The molecule has 1 aromatic rings. The van der Waals surface area contributed by atoms with Crippen molar-refractivity contribution in [2.75, 3.05) is 45.9 Å². The van der Waals surface area contributed by atoms with Gasteiger partial charge < -0.3 is 4.74 Å². The van der Waals surface area contributed by atoms with Crippen molar-refractivity contribution in [2.24, 2.45) is 0 Å². The van der Waals surface area contributed by atoms with Gasteiger partial charge in [0.25, 0.3) is 0 Å². The van der Waals surface area contributed by atoms with E-state index in [0.717, 1.165) is 45.9 Å². The molecule has 0 saturated carbocycles. The number of nitrogens with zero attached hydrogens (tertiary/aromatic N) is 2. The zero-order valence-electron chi connectivity index (χ0n) is 10.8. The highest BCUT2D eigenvalue weighted by atomic mass is 16.5. The van der Waals surface area contributed by atoms with E-state index in [9.17, 15) is 0 Å². The molecule has 1 fully saturated rings. The molecule has 0 unspecified atom stereocenters. The number of fused-ring (bicyclic) bond motifs is 1. The Labute approximate surface area is 109 Å². The molecule has 1 aromatic carbocycles. The Morgan fingerprint density at radius 3 is 2.89 bits per heavy atom. The molecule has 3 nitrogen and oxygen atoms in total. The maximum absolute atomic E-state index is 5.37. The van der Waals surface area contributed by atoms with E-state index < -0.39 is 0 Å². The Morgan fingerprint density at radius 2 is 2.00 bits per heavy atom. The minimum atomic E-state index is 0.895. The molecular weight excluding hydrogens is 224 g/mol. The van der Waals surface area contributed by atoms with Crippen molar-refractivity contribution in [2.45, 2.75) is 6.42 Å². The van der Waals surface area contributed by atoms with Gasteiger partial charge in [0.1, 0.15) is 6.54 Å². The van der Waals surface area contributed by atoms with Crippen LogP contribution in [0.3, 0.4) is 0 Å². The second kappa shape index (κ2) is 5.63. The summed E-state index contributed by atoms with van der Waals surface area (Å²) in [5.41, 5.74) is 2.88. The van der Waals surface area contributed by atoms with Crippen molar-refractivity contribution in [3.05, 3.63) is 35.4 Å². The van der Waals surface area contributed by atoms with Gasteiger partial charge in [0.15, 0.2) is 12.8 Å². The van der Waals surface area contributed by atoms with Crippen LogP contribution in [0.4, 0.5) is 0 Å². The van der Waals surface area contributed by atoms with Crippen LogP contribution in [0.15, 0.2) is 24.3 Å². The summed E-state index contributed by atoms with van der Waals surface area (Å²) in [6.45, 7) is 7.41. The molecule has 3 heteroatoms. The van der Waals surface area contributed by atoms with Crippen LogP contribution in [0.1, 0.15) is 11.1 Å². The maximum atomic E-state index is 5.37. The van der Waals surface area contributed by atoms with Crippen molar-refractivity contribution in [3.63, 3.8) is 0 Å². The Morgan fingerprint density at radius 1 is 1.17 bits per heavy atom. The monoisotopic (exact) mass is 245 g/mol. The molecule has 2 aliphatic rings. The van der Waals surface area contributed by atoms with Crippen molar-refractivity contribution in [1.82, 2.24) is 4.90 Å². The third-order valence-electron chi connectivity index (χ3n) is 3.85. The van der Waals surface area contributed by atoms with Gasteiger partial charge in [-0.2, -0.15) is 0 Å². The zero-order chi connectivity index (χ0) is 12.2. The molecule has 2 heterocycles. The van der Waals surface area contributed by atoms with E-state index in [0.29, 0.717) is 0 Å². The maximum Gasteiger partial charge on any atom is 0.171 e. The highest BCUT2D eigenvalue weighted by molar-refractivity contribution is 5.78. The smallest absolute Gasteiger partial charge is 0.171 e. The first-order chi connectivity index (χ1) is 8.92. The van der Waals surface area contributed by atoms with E-state index in [1.165, 1.54) is 17.5 Å². The van der Waals surface area contributed by atoms with Gasteiger partial charge in [-0.25, -0.2) is 4.58 Å². The first-order valence-corrected chi connectivity index (χ1v) is 6.89. The minimum absolute atomic E-state index is 0.895. The lowest BCUT2D eigenvalue weighted by atomic mass is 10.0. The predicted octanol–water partition coefficient (Wildman–Crippen LogP) is 1.01. The number of hydrogen-bond acceptors (Lipinski definition) is 2. The molecule has 0 aromatic heterocycles. The Kier molecular flexibility index (Phi) is 3.72. The summed E-state index contributed by atoms with van der Waals surface area (Å²) in [5.74, 6) is 0. The first kappa shape index (κ1) is 11.9. The Balaban J connectivity index is 1.59. The molecule has 3 rings (SSSR count). The van der Waals surface area contributed by atoms with Crippen molar-refractivity contribution in [3.8, 4) is 0 Å².